The van der Waals surface area contributed by atoms with Gasteiger partial charge in [0, 0.05) is 25.1 Å². The molecular weight excluding hydrogens is 522 g/mol. The fourth-order valence-corrected chi connectivity index (χ4v) is 6.76. The molecule has 2 unspecified atom stereocenters. The number of aromatic nitrogens is 2. The van der Waals surface area contributed by atoms with Crippen LogP contribution in [0.25, 0.3) is 10.6 Å². The van der Waals surface area contributed by atoms with Crippen molar-refractivity contribution in [3.63, 3.8) is 0 Å². The minimum atomic E-state index is -3.38. The summed E-state index contributed by atoms with van der Waals surface area (Å²) in [5.41, 5.74) is 0.178. The van der Waals surface area contributed by atoms with Crippen LogP contribution >= 0.6 is 11.3 Å². The molecule has 1 aliphatic carbocycles. The van der Waals surface area contributed by atoms with Gasteiger partial charge in [0.15, 0.2) is 19.7 Å². The molecule has 3 aromatic rings. The topological polar surface area (TPSA) is 136 Å². The van der Waals surface area contributed by atoms with Crippen LogP contribution in [0.2, 0.25) is 0 Å². The molecule has 1 aliphatic rings. The first kappa shape index (κ1) is 26.2. The fourth-order valence-electron chi connectivity index (χ4n) is 4.54. The van der Waals surface area contributed by atoms with Gasteiger partial charge in [0.1, 0.15) is 5.01 Å². The van der Waals surface area contributed by atoms with Crippen LogP contribution in [0.1, 0.15) is 31.2 Å². The van der Waals surface area contributed by atoms with Gasteiger partial charge in [-0.05, 0) is 55.5 Å². The van der Waals surface area contributed by atoms with E-state index in [1.54, 1.807) is 48.1 Å². The van der Waals surface area contributed by atoms with Crippen molar-refractivity contribution in [3.8, 4) is 10.6 Å². The summed E-state index contributed by atoms with van der Waals surface area (Å²) in [5, 5.41) is 15.4. The van der Waals surface area contributed by atoms with E-state index in [9.17, 15) is 26.7 Å². The summed E-state index contributed by atoms with van der Waals surface area (Å²) in [7, 11) is -4.91. The lowest BCUT2D eigenvalue weighted by molar-refractivity contribution is -0.145. The Kier molecular flexibility index (Phi) is 6.97. The molecule has 1 aromatic heterocycles. The summed E-state index contributed by atoms with van der Waals surface area (Å²) in [6.07, 6.45) is 4.40. The normalized spacial score (nSPS) is 21.4. The van der Waals surface area contributed by atoms with Crippen LogP contribution in [0.4, 0.5) is 0 Å². The summed E-state index contributed by atoms with van der Waals surface area (Å²) >= 11 is 1.35. The van der Waals surface area contributed by atoms with E-state index in [0.29, 0.717) is 28.2 Å². The summed E-state index contributed by atoms with van der Waals surface area (Å²) in [6, 6.07) is 12.3. The molecular formula is C24H27N3O6S3. The Labute approximate surface area is 214 Å². The second kappa shape index (κ2) is 9.56. The van der Waals surface area contributed by atoms with Gasteiger partial charge in [0.05, 0.1) is 21.2 Å². The Morgan fingerprint density at radius 3 is 2.11 bits per heavy atom. The maximum atomic E-state index is 12.5. The third-order valence-electron chi connectivity index (χ3n) is 6.50. The Balaban J connectivity index is 1.65. The molecule has 2 atom stereocenters. The third-order valence-corrected chi connectivity index (χ3v) is 9.82. The summed E-state index contributed by atoms with van der Waals surface area (Å²) < 4.78 is 48.7. The van der Waals surface area contributed by atoms with Gasteiger partial charge >= 0.3 is 5.97 Å². The van der Waals surface area contributed by atoms with Crippen molar-refractivity contribution in [2.45, 2.75) is 46.9 Å². The molecule has 1 fully saturated rings. The van der Waals surface area contributed by atoms with Gasteiger partial charge in [0.25, 0.3) is 0 Å². The quantitative estimate of drug-likeness (QED) is 0.499. The Bertz CT molecular complexity index is 1570. The van der Waals surface area contributed by atoms with Crippen LogP contribution in [-0.4, -0.2) is 56.2 Å². The van der Waals surface area contributed by atoms with E-state index in [2.05, 4.69) is 5.10 Å². The van der Waals surface area contributed by atoms with Crippen molar-refractivity contribution in [3.05, 3.63) is 58.9 Å². The van der Waals surface area contributed by atoms with Gasteiger partial charge in [-0.15, -0.1) is 0 Å². The molecule has 0 bridgehead atoms. The van der Waals surface area contributed by atoms with E-state index < -0.39 is 31.1 Å². The van der Waals surface area contributed by atoms with Crippen molar-refractivity contribution in [1.29, 1.82) is 0 Å². The van der Waals surface area contributed by atoms with Crippen LogP contribution in [-0.2, 0) is 36.9 Å². The summed E-state index contributed by atoms with van der Waals surface area (Å²) in [4.78, 5) is 18.4. The summed E-state index contributed by atoms with van der Waals surface area (Å²) in [5.74, 6) is -0.949. The standard InChI is InChI=1S/C24H27N3O6S3/c1-27-23(34-21(26-27)16-6-10-19(11-7-16)35(2,30)31)25-18-5-4-14-24(15-18,22(28)29)17-8-12-20(13-9-17)36(3,32)33/h6-13,18H,4-5,14-15H2,1-3H3,(H,28,29). The highest BCUT2D eigenvalue weighted by atomic mass is 32.2. The molecule has 1 saturated carbocycles. The van der Waals surface area contributed by atoms with Crippen LogP contribution in [0, 0.1) is 0 Å². The predicted molar refractivity (Wildman–Crippen MR) is 136 cm³/mol. The average molecular weight is 550 g/mol. The molecule has 0 radical (unpaired) electrons. The molecule has 1 heterocycles. The summed E-state index contributed by atoms with van der Waals surface area (Å²) in [6.45, 7) is 0. The van der Waals surface area contributed by atoms with Crippen LogP contribution in [0.3, 0.4) is 0 Å². The SMILES string of the molecule is Cn1nc(-c2ccc(S(C)(=O)=O)cc2)sc1=NC1CCCC(C(=O)O)(c2ccc(S(C)(=O)=O)cc2)C1. The molecule has 1 N–H and O–H groups in total. The second-order valence-corrected chi connectivity index (χ2v) is 14.2. The van der Waals surface area contributed by atoms with E-state index in [-0.39, 0.29) is 22.3 Å². The maximum Gasteiger partial charge on any atom is 0.314 e. The highest BCUT2D eigenvalue weighted by molar-refractivity contribution is 7.91. The highest BCUT2D eigenvalue weighted by Crippen LogP contribution is 2.41. The minimum absolute atomic E-state index is 0.151. The lowest BCUT2D eigenvalue weighted by atomic mass is 9.68. The minimum Gasteiger partial charge on any atom is -0.481 e. The fraction of sp³-hybridized carbons (Fsp3) is 0.375. The Hall–Kier alpha value is -2.83. The van der Waals surface area contributed by atoms with Crippen LogP contribution < -0.4 is 4.80 Å². The van der Waals surface area contributed by atoms with Gasteiger partial charge in [0.2, 0.25) is 4.80 Å². The monoisotopic (exact) mass is 549 g/mol. The third kappa shape index (κ3) is 5.30. The number of benzene rings is 2. The van der Waals surface area contributed by atoms with Crippen molar-refractivity contribution < 1.29 is 26.7 Å². The zero-order chi connectivity index (χ0) is 26.3. The molecule has 0 saturated heterocycles. The van der Waals surface area contributed by atoms with Crippen LogP contribution in [0.15, 0.2) is 63.3 Å². The van der Waals surface area contributed by atoms with Crippen molar-refractivity contribution in [1.82, 2.24) is 9.78 Å². The molecule has 0 spiro atoms. The molecule has 4 rings (SSSR count). The smallest absolute Gasteiger partial charge is 0.314 e. The predicted octanol–water partition coefficient (Wildman–Crippen LogP) is 2.82. The maximum absolute atomic E-state index is 12.5. The van der Waals surface area contributed by atoms with Gasteiger partial charge in [-0.2, -0.15) is 5.10 Å². The first-order valence-electron chi connectivity index (χ1n) is 11.2. The first-order valence-corrected chi connectivity index (χ1v) is 15.8. The molecule has 36 heavy (non-hydrogen) atoms. The number of rotatable bonds is 6. The number of sulfone groups is 2. The second-order valence-electron chi connectivity index (χ2n) is 9.17. The number of carboxylic acid groups (broad SMARTS) is 1. The molecule has 192 valence electrons. The van der Waals surface area contributed by atoms with Gasteiger partial charge in [-0.1, -0.05) is 35.6 Å². The van der Waals surface area contributed by atoms with Gasteiger partial charge < -0.3 is 5.11 Å². The number of aryl methyl sites for hydroxylation is 1. The molecule has 9 nitrogen and oxygen atoms in total. The molecule has 12 heteroatoms. The number of nitrogens with zero attached hydrogens (tertiary/aromatic N) is 3. The number of hydrogen-bond donors (Lipinski definition) is 1. The molecule has 0 aliphatic heterocycles. The number of carbonyl (C=O) groups is 1. The van der Waals surface area contributed by atoms with Crippen LogP contribution in [0.5, 0.6) is 0 Å². The zero-order valence-corrected chi connectivity index (χ0v) is 22.5. The van der Waals surface area contributed by atoms with E-state index in [1.165, 1.54) is 23.5 Å². The number of hydrogen-bond acceptors (Lipinski definition) is 8. The van der Waals surface area contributed by atoms with Crippen molar-refractivity contribution in [2.75, 3.05) is 12.5 Å². The van der Waals surface area contributed by atoms with Crippen molar-refractivity contribution in [2.24, 2.45) is 12.0 Å². The van der Waals surface area contributed by atoms with E-state index in [4.69, 9.17) is 4.99 Å². The van der Waals surface area contributed by atoms with E-state index >= 15 is 0 Å². The lowest BCUT2D eigenvalue weighted by Gasteiger charge is -2.36. The number of carboxylic acids is 1. The largest absolute Gasteiger partial charge is 0.481 e. The molecule has 2 aromatic carbocycles. The zero-order valence-electron chi connectivity index (χ0n) is 20.1. The van der Waals surface area contributed by atoms with E-state index in [0.717, 1.165) is 24.5 Å². The Morgan fingerprint density at radius 2 is 1.58 bits per heavy atom. The van der Waals surface area contributed by atoms with Gasteiger partial charge in [-0.3, -0.25) is 9.79 Å². The Morgan fingerprint density at radius 1 is 1.03 bits per heavy atom. The first-order chi connectivity index (χ1) is 16.8. The van der Waals surface area contributed by atoms with Crippen molar-refractivity contribution >= 4 is 37.0 Å². The highest BCUT2D eigenvalue weighted by Gasteiger charge is 2.44. The number of aliphatic carboxylic acids is 1. The van der Waals surface area contributed by atoms with E-state index in [1.807, 2.05) is 0 Å². The lowest BCUT2D eigenvalue weighted by Crippen LogP contribution is -2.42. The van der Waals surface area contributed by atoms with Gasteiger partial charge in [-0.25, -0.2) is 21.5 Å². The average Bonchev–Trinajstić information content (AvgIpc) is 3.18. The molecule has 0 amide bonds.